The van der Waals surface area contributed by atoms with E-state index in [1.54, 1.807) is 11.8 Å². The number of fused-ring (bicyclic) bond motifs is 3. The summed E-state index contributed by atoms with van der Waals surface area (Å²) in [6.45, 7) is 0. The highest BCUT2D eigenvalue weighted by molar-refractivity contribution is 7.98. The normalized spacial score (nSPS) is 11.8. The number of hydrogen-bond donors (Lipinski definition) is 0. The molecule has 1 aliphatic carbocycles. The molecule has 1 aliphatic rings. The summed E-state index contributed by atoms with van der Waals surface area (Å²) in [5.74, 6) is 0. The second kappa shape index (κ2) is 5.66. The summed E-state index contributed by atoms with van der Waals surface area (Å²) < 4.78 is 0. The van der Waals surface area contributed by atoms with E-state index in [2.05, 4.69) is 73.0 Å². The van der Waals surface area contributed by atoms with E-state index in [1.807, 2.05) is 6.07 Å². The van der Waals surface area contributed by atoms with Crippen molar-refractivity contribution in [3.8, 4) is 33.4 Å². The van der Waals surface area contributed by atoms with Crippen LogP contribution in [0.4, 0.5) is 0 Å². The van der Waals surface area contributed by atoms with Crippen LogP contribution in [0.1, 0.15) is 0 Å². The minimum atomic E-state index is 0.783. The fourth-order valence-electron chi connectivity index (χ4n) is 3.88. The lowest BCUT2D eigenvalue weighted by Crippen LogP contribution is -1.85. The lowest BCUT2D eigenvalue weighted by molar-refractivity contribution is 1.45. The Balaban J connectivity index is 1.85. The summed E-state index contributed by atoms with van der Waals surface area (Å²) in [5.41, 5.74) is 7.83. The summed E-state index contributed by atoms with van der Waals surface area (Å²) in [4.78, 5) is 1.21. The van der Waals surface area contributed by atoms with Gasteiger partial charge in [-0.1, -0.05) is 60.1 Å². The van der Waals surface area contributed by atoms with Crippen LogP contribution in [0, 0.1) is 0 Å². The van der Waals surface area contributed by atoms with E-state index in [0.717, 1.165) is 5.02 Å². The molecule has 25 heavy (non-hydrogen) atoms. The van der Waals surface area contributed by atoms with Crippen molar-refractivity contribution in [1.29, 1.82) is 0 Å². The van der Waals surface area contributed by atoms with E-state index >= 15 is 0 Å². The maximum Gasteiger partial charge on any atom is 0.0417 e. The van der Waals surface area contributed by atoms with Gasteiger partial charge in [0.2, 0.25) is 0 Å². The molecule has 0 heterocycles. The minimum Gasteiger partial charge on any atom is -0.129 e. The first-order chi connectivity index (χ1) is 12.3. The Hall–Kier alpha value is -2.22. The van der Waals surface area contributed by atoms with Crippen molar-refractivity contribution in [3.63, 3.8) is 0 Å². The van der Waals surface area contributed by atoms with E-state index in [9.17, 15) is 0 Å². The van der Waals surface area contributed by atoms with Gasteiger partial charge in [-0.2, -0.15) is 0 Å². The molecule has 0 radical (unpaired) electrons. The quantitative estimate of drug-likeness (QED) is 0.294. The third-order valence-corrected chi connectivity index (χ3v) is 5.97. The molecule has 0 unspecified atom stereocenters. The average molecular weight is 359 g/mol. The number of benzene rings is 4. The largest absolute Gasteiger partial charge is 0.129 e. The SMILES string of the molecule is CSc1cc(Cl)ccc1-c1cc2c3c(cccc3c1)-c1ccccc1-2. The van der Waals surface area contributed by atoms with E-state index in [4.69, 9.17) is 11.6 Å². The molecule has 4 aromatic carbocycles. The fraction of sp³-hybridized carbons (Fsp3) is 0.0435. The molecule has 0 nitrogen and oxygen atoms in total. The summed E-state index contributed by atoms with van der Waals surface area (Å²) in [6, 6.07) is 26.1. The smallest absolute Gasteiger partial charge is 0.0417 e. The monoisotopic (exact) mass is 358 g/mol. The molecule has 2 heteroatoms. The molecule has 0 saturated heterocycles. The molecule has 0 amide bonds. The van der Waals surface area contributed by atoms with Crippen molar-refractivity contribution in [2.24, 2.45) is 0 Å². The highest BCUT2D eigenvalue weighted by Gasteiger charge is 2.21. The van der Waals surface area contributed by atoms with Crippen LogP contribution in [0.5, 0.6) is 0 Å². The number of thioether (sulfide) groups is 1. The Labute approximate surface area is 156 Å². The van der Waals surface area contributed by atoms with Gasteiger partial charge in [-0.15, -0.1) is 11.8 Å². The van der Waals surface area contributed by atoms with Gasteiger partial charge in [-0.25, -0.2) is 0 Å². The molecule has 0 spiro atoms. The molecule has 0 N–H and O–H groups in total. The molecule has 0 aliphatic heterocycles. The second-order valence-corrected chi connectivity index (χ2v) is 7.60. The van der Waals surface area contributed by atoms with E-state index < -0.39 is 0 Å². The molecule has 0 aromatic heterocycles. The summed E-state index contributed by atoms with van der Waals surface area (Å²) >= 11 is 7.94. The zero-order chi connectivity index (χ0) is 17.0. The summed E-state index contributed by atoms with van der Waals surface area (Å²) in [5, 5.41) is 3.45. The first-order valence-electron chi connectivity index (χ1n) is 8.27. The van der Waals surface area contributed by atoms with Gasteiger partial charge in [-0.05, 0) is 74.7 Å². The van der Waals surface area contributed by atoms with Crippen LogP contribution < -0.4 is 0 Å². The lowest BCUT2D eigenvalue weighted by atomic mass is 9.96. The Bertz CT molecular complexity index is 1140. The molecular weight excluding hydrogens is 344 g/mol. The van der Waals surface area contributed by atoms with Gasteiger partial charge in [0, 0.05) is 9.92 Å². The van der Waals surface area contributed by atoms with Gasteiger partial charge in [0.15, 0.2) is 0 Å². The maximum atomic E-state index is 6.20. The summed E-state index contributed by atoms with van der Waals surface area (Å²) in [7, 11) is 0. The molecule has 120 valence electrons. The molecule has 0 bridgehead atoms. The van der Waals surface area contributed by atoms with Crippen LogP contribution in [-0.2, 0) is 0 Å². The molecule has 0 atom stereocenters. The van der Waals surface area contributed by atoms with Gasteiger partial charge < -0.3 is 0 Å². The van der Waals surface area contributed by atoms with Crippen LogP contribution >= 0.6 is 23.4 Å². The van der Waals surface area contributed by atoms with Crippen LogP contribution in [0.2, 0.25) is 5.02 Å². The second-order valence-electron chi connectivity index (χ2n) is 6.32. The van der Waals surface area contributed by atoms with Crippen molar-refractivity contribution in [3.05, 3.63) is 77.8 Å². The molecule has 4 aromatic rings. The van der Waals surface area contributed by atoms with Crippen LogP contribution in [0.25, 0.3) is 44.2 Å². The number of halogens is 1. The van der Waals surface area contributed by atoms with Gasteiger partial charge in [-0.3, -0.25) is 0 Å². The number of rotatable bonds is 2. The van der Waals surface area contributed by atoms with Crippen LogP contribution in [-0.4, -0.2) is 6.26 Å². The third-order valence-electron chi connectivity index (χ3n) is 4.96. The van der Waals surface area contributed by atoms with Gasteiger partial charge in [0.25, 0.3) is 0 Å². The Morgan fingerprint density at radius 3 is 2.24 bits per heavy atom. The molecule has 0 fully saturated rings. The minimum absolute atomic E-state index is 0.783. The third kappa shape index (κ3) is 2.23. The first kappa shape index (κ1) is 15.1. The topological polar surface area (TPSA) is 0 Å². The zero-order valence-electron chi connectivity index (χ0n) is 13.7. The standard InChI is InChI=1S/C23H15ClS/c1-25-22-13-16(24)9-10-17(22)15-11-14-5-4-8-20-18-6-2-3-7-19(18)21(12-15)23(14)20/h2-13H,1H3. The summed E-state index contributed by atoms with van der Waals surface area (Å²) in [6.07, 6.45) is 2.10. The maximum absolute atomic E-state index is 6.20. The predicted molar refractivity (Wildman–Crippen MR) is 111 cm³/mol. The molecule has 0 saturated carbocycles. The van der Waals surface area contributed by atoms with Crippen molar-refractivity contribution < 1.29 is 0 Å². The van der Waals surface area contributed by atoms with Crippen LogP contribution in [0.15, 0.2) is 77.7 Å². The highest BCUT2D eigenvalue weighted by atomic mass is 35.5. The Kier molecular flexibility index (Phi) is 3.41. The van der Waals surface area contributed by atoms with Crippen molar-refractivity contribution in [1.82, 2.24) is 0 Å². The average Bonchev–Trinajstić information content (AvgIpc) is 2.97. The van der Waals surface area contributed by atoms with E-state index in [1.165, 1.54) is 49.0 Å². The zero-order valence-corrected chi connectivity index (χ0v) is 15.3. The number of hydrogen-bond acceptors (Lipinski definition) is 1. The van der Waals surface area contributed by atoms with Crippen molar-refractivity contribution in [2.75, 3.05) is 6.26 Å². The van der Waals surface area contributed by atoms with Gasteiger partial charge in [0.1, 0.15) is 0 Å². The Morgan fingerprint density at radius 1 is 0.680 bits per heavy atom. The molecule has 5 rings (SSSR count). The van der Waals surface area contributed by atoms with Gasteiger partial charge in [0.05, 0.1) is 0 Å². The fourth-order valence-corrected chi connectivity index (χ4v) is 4.76. The Morgan fingerprint density at radius 2 is 1.44 bits per heavy atom. The first-order valence-corrected chi connectivity index (χ1v) is 9.87. The highest BCUT2D eigenvalue weighted by Crippen LogP contribution is 2.49. The van der Waals surface area contributed by atoms with Gasteiger partial charge >= 0.3 is 0 Å². The van der Waals surface area contributed by atoms with E-state index in [-0.39, 0.29) is 0 Å². The van der Waals surface area contributed by atoms with Crippen molar-refractivity contribution in [2.45, 2.75) is 4.90 Å². The lowest BCUT2D eigenvalue weighted by Gasteiger charge is -2.11. The van der Waals surface area contributed by atoms with E-state index in [0.29, 0.717) is 0 Å². The van der Waals surface area contributed by atoms with Crippen molar-refractivity contribution >= 4 is 34.1 Å². The molecular formula is C23H15ClS. The van der Waals surface area contributed by atoms with Crippen LogP contribution in [0.3, 0.4) is 0 Å². The predicted octanol–water partition coefficient (Wildman–Crippen LogP) is 7.53.